The zero-order chi connectivity index (χ0) is 15.5. The molecule has 0 aromatic heterocycles. The van der Waals surface area contributed by atoms with Crippen LogP contribution in [0.3, 0.4) is 0 Å². The molecule has 1 heterocycles. The second-order valence-corrected chi connectivity index (χ2v) is 6.86. The molecule has 1 amide bonds. The molecule has 1 fully saturated rings. The number of carbonyl (C=O) groups is 1. The summed E-state index contributed by atoms with van der Waals surface area (Å²) in [6.07, 6.45) is 0.957. The summed E-state index contributed by atoms with van der Waals surface area (Å²) in [6.45, 7) is 9.25. The third kappa shape index (κ3) is 5.27. The molecular weight excluding hydrogens is 298 g/mol. The molecule has 1 aromatic carbocycles. The topological polar surface area (TPSA) is 58.4 Å². The molecule has 1 saturated heterocycles. The standard InChI is InChI=1S/C17H27N3O.ClH/c1-13-4-6-14(7-5-13)10-19-16(21)11-20-9-8-15(18)17(2,3)12-20;/h4-7,15H,8-12,18H2,1-3H3,(H,19,21);1H. The molecule has 0 saturated carbocycles. The van der Waals surface area contributed by atoms with Gasteiger partial charge in [-0.2, -0.15) is 0 Å². The first-order valence-electron chi connectivity index (χ1n) is 7.67. The van der Waals surface area contributed by atoms with Crippen molar-refractivity contribution >= 4 is 18.3 Å². The Morgan fingerprint density at radius 1 is 1.36 bits per heavy atom. The zero-order valence-electron chi connectivity index (χ0n) is 13.8. The Kier molecular flexibility index (Phi) is 6.85. The summed E-state index contributed by atoms with van der Waals surface area (Å²) in [5, 5.41) is 2.99. The zero-order valence-corrected chi connectivity index (χ0v) is 14.6. The number of aryl methyl sites for hydroxylation is 1. The number of nitrogens with zero attached hydrogens (tertiary/aromatic N) is 1. The maximum atomic E-state index is 12.1. The van der Waals surface area contributed by atoms with Gasteiger partial charge in [0.1, 0.15) is 0 Å². The van der Waals surface area contributed by atoms with Gasteiger partial charge in [0.2, 0.25) is 5.91 Å². The van der Waals surface area contributed by atoms with E-state index in [4.69, 9.17) is 5.73 Å². The van der Waals surface area contributed by atoms with Gasteiger partial charge in [0.15, 0.2) is 0 Å². The highest BCUT2D eigenvalue weighted by atomic mass is 35.5. The number of benzene rings is 1. The first-order chi connectivity index (χ1) is 9.87. The van der Waals surface area contributed by atoms with Crippen molar-refractivity contribution in [2.75, 3.05) is 19.6 Å². The van der Waals surface area contributed by atoms with Gasteiger partial charge in [-0.1, -0.05) is 43.7 Å². The predicted molar refractivity (Wildman–Crippen MR) is 93.1 cm³/mol. The number of amides is 1. The van der Waals surface area contributed by atoms with Gasteiger partial charge >= 0.3 is 0 Å². The Hall–Kier alpha value is -1.10. The second kappa shape index (κ2) is 7.95. The van der Waals surface area contributed by atoms with E-state index in [1.807, 2.05) is 0 Å². The van der Waals surface area contributed by atoms with E-state index in [9.17, 15) is 4.79 Å². The smallest absolute Gasteiger partial charge is 0.234 e. The molecule has 3 N–H and O–H groups in total. The highest BCUT2D eigenvalue weighted by Gasteiger charge is 2.33. The first kappa shape index (κ1) is 18.9. The van der Waals surface area contributed by atoms with Crippen LogP contribution in [-0.2, 0) is 11.3 Å². The molecule has 124 valence electrons. The van der Waals surface area contributed by atoms with Crippen molar-refractivity contribution in [1.29, 1.82) is 0 Å². The normalized spacial score (nSPS) is 21.0. The fourth-order valence-corrected chi connectivity index (χ4v) is 2.79. The number of hydrogen-bond acceptors (Lipinski definition) is 3. The minimum absolute atomic E-state index is 0. The molecule has 5 heteroatoms. The van der Waals surface area contributed by atoms with Crippen molar-refractivity contribution in [3.63, 3.8) is 0 Å². The van der Waals surface area contributed by atoms with Crippen molar-refractivity contribution in [3.8, 4) is 0 Å². The minimum atomic E-state index is 0. The van der Waals surface area contributed by atoms with Crippen LogP contribution in [0.25, 0.3) is 0 Å². The number of hydrogen-bond donors (Lipinski definition) is 2. The molecule has 0 spiro atoms. The summed E-state index contributed by atoms with van der Waals surface area (Å²) in [5.74, 6) is 0.0850. The molecule has 0 radical (unpaired) electrons. The lowest BCUT2D eigenvalue weighted by Crippen LogP contribution is -2.54. The maximum Gasteiger partial charge on any atom is 0.234 e. The van der Waals surface area contributed by atoms with Crippen LogP contribution in [-0.4, -0.2) is 36.5 Å². The van der Waals surface area contributed by atoms with Crippen LogP contribution in [0, 0.1) is 12.3 Å². The summed E-state index contributed by atoms with van der Waals surface area (Å²) >= 11 is 0. The van der Waals surface area contributed by atoms with E-state index < -0.39 is 0 Å². The monoisotopic (exact) mass is 325 g/mol. The molecule has 1 atom stereocenters. The molecule has 0 bridgehead atoms. The van der Waals surface area contributed by atoms with Crippen molar-refractivity contribution in [1.82, 2.24) is 10.2 Å². The van der Waals surface area contributed by atoms with Gasteiger partial charge in [-0.15, -0.1) is 12.4 Å². The highest BCUT2D eigenvalue weighted by molar-refractivity contribution is 5.85. The molecule has 22 heavy (non-hydrogen) atoms. The van der Waals surface area contributed by atoms with E-state index in [1.54, 1.807) is 0 Å². The van der Waals surface area contributed by atoms with Crippen molar-refractivity contribution < 1.29 is 4.79 Å². The molecule has 1 unspecified atom stereocenters. The van der Waals surface area contributed by atoms with Crippen molar-refractivity contribution in [2.45, 2.75) is 39.8 Å². The van der Waals surface area contributed by atoms with Crippen LogP contribution >= 0.6 is 12.4 Å². The highest BCUT2D eigenvalue weighted by Crippen LogP contribution is 2.27. The van der Waals surface area contributed by atoms with E-state index >= 15 is 0 Å². The lowest BCUT2D eigenvalue weighted by Gasteiger charge is -2.42. The maximum absolute atomic E-state index is 12.1. The van der Waals surface area contributed by atoms with E-state index in [-0.39, 0.29) is 29.8 Å². The Labute approximate surface area is 139 Å². The van der Waals surface area contributed by atoms with Crippen LogP contribution in [0.15, 0.2) is 24.3 Å². The fraction of sp³-hybridized carbons (Fsp3) is 0.588. The van der Waals surface area contributed by atoms with Gasteiger partial charge in [-0.25, -0.2) is 0 Å². The summed E-state index contributed by atoms with van der Waals surface area (Å²) < 4.78 is 0. The molecule has 1 aliphatic rings. The number of nitrogens with two attached hydrogens (primary N) is 1. The molecule has 1 aromatic rings. The van der Waals surface area contributed by atoms with Crippen LogP contribution in [0.1, 0.15) is 31.4 Å². The third-order valence-electron chi connectivity index (χ3n) is 4.37. The summed E-state index contributed by atoms with van der Waals surface area (Å²) in [4.78, 5) is 14.3. The summed E-state index contributed by atoms with van der Waals surface area (Å²) in [7, 11) is 0. The van der Waals surface area contributed by atoms with Gasteiger partial charge in [0.25, 0.3) is 0 Å². The van der Waals surface area contributed by atoms with Gasteiger partial charge in [0, 0.05) is 25.7 Å². The van der Waals surface area contributed by atoms with Crippen LogP contribution < -0.4 is 11.1 Å². The fourth-order valence-electron chi connectivity index (χ4n) is 2.79. The number of nitrogens with one attached hydrogen (secondary N) is 1. The predicted octanol–water partition coefficient (Wildman–Crippen LogP) is 2.09. The summed E-state index contributed by atoms with van der Waals surface area (Å²) in [5.41, 5.74) is 8.57. The van der Waals surface area contributed by atoms with Crippen molar-refractivity contribution in [2.24, 2.45) is 11.1 Å². The number of carbonyl (C=O) groups excluding carboxylic acids is 1. The minimum Gasteiger partial charge on any atom is -0.351 e. The molecular formula is C17H28ClN3O. The van der Waals surface area contributed by atoms with Gasteiger partial charge in [0.05, 0.1) is 6.54 Å². The number of rotatable bonds is 4. The lowest BCUT2D eigenvalue weighted by atomic mass is 9.80. The number of piperidine rings is 1. The van der Waals surface area contributed by atoms with Crippen LogP contribution in [0.2, 0.25) is 0 Å². The van der Waals surface area contributed by atoms with Crippen molar-refractivity contribution in [3.05, 3.63) is 35.4 Å². The average molecular weight is 326 g/mol. The Morgan fingerprint density at radius 2 is 2.00 bits per heavy atom. The number of likely N-dealkylation sites (tertiary alicyclic amines) is 1. The average Bonchev–Trinajstić information content (AvgIpc) is 2.42. The van der Waals surface area contributed by atoms with E-state index in [0.29, 0.717) is 13.1 Å². The quantitative estimate of drug-likeness (QED) is 0.891. The molecule has 1 aliphatic heterocycles. The van der Waals surface area contributed by atoms with Gasteiger partial charge in [-0.05, 0) is 24.3 Å². The lowest BCUT2D eigenvalue weighted by molar-refractivity contribution is -0.123. The molecule has 4 nitrogen and oxygen atoms in total. The Bertz CT molecular complexity index is 487. The second-order valence-electron chi connectivity index (χ2n) is 6.86. The van der Waals surface area contributed by atoms with E-state index in [2.05, 4.69) is 55.3 Å². The number of halogens is 1. The van der Waals surface area contributed by atoms with Gasteiger partial charge in [-0.3, -0.25) is 9.69 Å². The van der Waals surface area contributed by atoms with Gasteiger partial charge < -0.3 is 11.1 Å². The Morgan fingerprint density at radius 3 is 2.59 bits per heavy atom. The Balaban J connectivity index is 0.00000242. The van der Waals surface area contributed by atoms with Crippen LogP contribution in [0.4, 0.5) is 0 Å². The third-order valence-corrected chi connectivity index (χ3v) is 4.37. The summed E-state index contributed by atoms with van der Waals surface area (Å²) in [6, 6.07) is 8.47. The molecule has 2 rings (SSSR count). The largest absolute Gasteiger partial charge is 0.351 e. The SMILES string of the molecule is Cc1ccc(CNC(=O)CN2CCC(N)C(C)(C)C2)cc1.Cl. The van der Waals surface area contributed by atoms with Crippen LogP contribution in [0.5, 0.6) is 0 Å². The van der Waals surface area contributed by atoms with E-state index in [1.165, 1.54) is 5.56 Å². The van der Waals surface area contributed by atoms with E-state index in [0.717, 1.165) is 25.1 Å². The first-order valence-corrected chi connectivity index (χ1v) is 7.67. The molecule has 0 aliphatic carbocycles.